The van der Waals surface area contributed by atoms with Crippen LogP contribution in [-0.4, -0.2) is 15.3 Å². The number of anilines is 1. The smallest absolute Gasteiger partial charge is 0.145 e. The molecule has 0 aliphatic rings. The highest BCUT2D eigenvalue weighted by atomic mass is 35.5. The van der Waals surface area contributed by atoms with Crippen molar-refractivity contribution in [1.29, 1.82) is 0 Å². The van der Waals surface area contributed by atoms with Gasteiger partial charge in [-0.05, 0) is 31.0 Å². The summed E-state index contributed by atoms with van der Waals surface area (Å²) in [5, 5.41) is 16.9. The normalized spacial score (nSPS) is 10.7. The maximum atomic E-state index is 9.94. The Morgan fingerprint density at radius 3 is 2.62 bits per heavy atom. The van der Waals surface area contributed by atoms with Crippen LogP contribution in [0.25, 0.3) is 11.3 Å². The lowest BCUT2D eigenvalue weighted by Gasteiger charge is -2.09. The minimum Gasteiger partial charge on any atom is -0.506 e. The zero-order chi connectivity index (χ0) is 11.9. The highest BCUT2D eigenvalue weighted by Gasteiger charge is 2.14. The molecule has 0 atom stereocenters. The average Bonchev–Trinajstić information content (AvgIpc) is 2.67. The third-order valence-corrected chi connectivity index (χ3v) is 3.09. The minimum atomic E-state index is 0.0495. The third kappa shape index (κ3) is 1.61. The van der Waals surface area contributed by atoms with Crippen LogP contribution >= 0.6 is 11.6 Å². The second-order valence-electron chi connectivity index (χ2n) is 3.74. The van der Waals surface area contributed by atoms with E-state index < -0.39 is 0 Å². The molecule has 1 aromatic heterocycles. The van der Waals surface area contributed by atoms with E-state index >= 15 is 0 Å². The number of nitrogen functional groups attached to an aromatic ring is 1. The molecular weight excluding hydrogens is 226 g/mol. The summed E-state index contributed by atoms with van der Waals surface area (Å²) in [6, 6.07) is 3.50. The molecule has 2 rings (SSSR count). The number of benzene rings is 1. The van der Waals surface area contributed by atoms with Crippen molar-refractivity contribution in [1.82, 2.24) is 10.2 Å². The summed E-state index contributed by atoms with van der Waals surface area (Å²) in [6.07, 6.45) is 0. The lowest BCUT2D eigenvalue weighted by atomic mass is 10.0. The number of nitrogens with zero attached hydrogens (tertiary/aromatic N) is 1. The van der Waals surface area contributed by atoms with E-state index in [2.05, 4.69) is 10.2 Å². The first-order chi connectivity index (χ1) is 7.50. The standard InChI is InChI=1S/C11H12ClN3O/c1-5-3-7(8-4-9(13)15-14-8)11(16)10(12)6(5)2/h3-4,16H,1-2H3,(H3,13,14,15). The topological polar surface area (TPSA) is 74.9 Å². The Labute approximate surface area is 98.1 Å². The molecule has 0 unspecified atom stereocenters. The summed E-state index contributed by atoms with van der Waals surface area (Å²) in [7, 11) is 0. The Morgan fingerprint density at radius 2 is 2.06 bits per heavy atom. The molecular formula is C11H12ClN3O. The van der Waals surface area contributed by atoms with Gasteiger partial charge in [-0.3, -0.25) is 5.10 Å². The lowest BCUT2D eigenvalue weighted by Crippen LogP contribution is -1.88. The van der Waals surface area contributed by atoms with E-state index in [0.29, 0.717) is 22.1 Å². The summed E-state index contributed by atoms with van der Waals surface area (Å²) in [6.45, 7) is 3.80. The molecule has 0 spiro atoms. The number of phenolic OH excluding ortho intramolecular Hbond substituents is 1. The molecule has 1 aromatic carbocycles. The van der Waals surface area contributed by atoms with Crippen LogP contribution in [0.3, 0.4) is 0 Å². The van der Waals surface area contributed by atoms with Gasteiger partial charge in [0.2, 0.25) is 0 Å². The van der Waals surface area contributed by atoms with E-state index in [1.54, 1.807) is 6.07 Å². The molecule has 0 amide bonds. The van der Waals surface area contributed by atoms with Crippen LogP contribution in [0, 0.1) is 13.8 Å². The van der Waals surface area contributed by atoms with Gasteiger partial charge in [0.25, 0.3) is 0 Å². The van der Waals surface area contributed by atoms with E-state index in [1.165, 1.54) is 0 Å². The first-order valence-corrected chi connectivity index (χ1v) is 5.18. The third-order valence-electron chi connectivity index (χ3n) is 2.63. The fraction of sp³-hybridized carbons (Fsp3) is 0.182. The highest BCUT2D eigenvalue weighted by Crippen LogP contribution is 2.38. The molecule has 16 heavy (non-hydrogen) atoms. The van der Waals surface area contributed by atoms with Crippen molar-refractivity contribution in [2.45, 2.75) is 13.8 Å². The molecule has 0 saturated carbocycles. The molecule has 4 nitrogen and oxygen atoms in total. The maximum absolute atomic E-state index is 9.94. The van der Waals surface area contributed by atoms with Gasteiger partial charge in [0, 0.05) is 11.6 Å². The molecule has 84 valence electrons. The van der Waals surface area contributed by atoms with Gasteiger partial charge >= 0.3 is 0 Å². The summed E-state index contributed by atoms with van der Waals surface area (Å²) in [5.41, 5.74) is 8.65. The number of nitrogens with two attached hydrogens (primary N) is 1. The number of phenols is 1. The highest BCUT2D eigenvalue weighted by molar-refractivity contribution is 6.33. The number of H-pyrrole nitrogens is 1. The molecule has 0 bridgehead atoms. The number of aryl methyl sites for hydroxylation is 1. The van der Waals surface area contributed by atoms with Gasteiger partial charge in [-0.2, -0.15) is 5.10 Å². The van der Waals surface area contributed by atoms with Crippen molar-refractivity contribution in [2.24, 2.45) is 0 Å². The number of aromatic nitrogens is 2. The Hall–Kier alpha value is -1.68. The molecule has 0 saturated heterocycles. The summed E-state index contributed by atoms with van der Waals surface area (Å²) < 4.78 is 0. The van der Waals surface area contributed by atoms with Crippen LogP contribution in [0.5, 0.6) is 5.75 Å². The van der Waals surface area contributed by atoms with Crippen molar-refractivity contribution in [3.05, 3.63) is 28.3 Å². The number of nitrogens with one attached hydrogen (secondary N) is 1. The molecule has 0 radical (unpaired) electrons. The van der Waals surface area contributed by atoms with Gasteiger partial charge in [0.05, 0.1) is 10.7 Å². The van der Waals surface area contributed by atoms with Gasteiger partial charge in [-0.1, -0.05) is 11.6 Å². The van der Waals surface area contributed by atoms with Crippen molar-refractivity contribution in [3.63, 3.8) is 0 Å². The Morgan fingerprint density at radius 1 is 1.38 bits per heavy atom. The van der Waals surface area contributed by atoms with E-state index in [-0.39, 0.29) is 5.75 Å². The zero-order valence-corrected chi connectivity index (χ0v) is 9.76. The first-order valence-electron chi connectivity index (χ1n) is 4.80. The Kier molecular flexibility index (Phi) is 2.52. The monoisotopic (exact) mass is 237 g/mol. The van der Waals surface area contributed by atoms with E-state index in [9.17, 15) is 5.11 Å². The van der Waals surface area contributed by atoms with Crippen molar-refractivity contribution in [3.8, 4) is 17.0 Å². The maximum Gasteiger partial charge on any atom is 0.145 e. The molecule has 0 fully saturated rings. The fourth-order valence-electron chi connectivity index (χ4n) is 1.54. The fourth-order valence-corrected chi connectivity index (χ4v) is 1.79. The lowest BCUT2D eigenvalue weighted by molar-refractivity contribution is 0.477. The van der Waals surface area contributed by atoms with E-state index in [4.69, 9.17) is 17.3 Å². The van der Waals surface area contributed by atoms with Crippen molar-refractivity contribution >= 4 is 17.4 Å². The number of hydrogen-bond acceptors (Lipinski definition) is 3. The van der Waals surface area contributed by atoms with Gasteiger partial charge < -0.3 is 10.8 Å². The molecule has 1 heterocycles. The van der Waals surface area contributed by atoms with Crippen LogP contribution in [0.4, 0.5) is 5.82 Å². The molecule has 5 heteroatoms. The number of hydrogen-bond donors (Lipinski definition) is 3. The SMILES string of the molecule is Cc1cc(-c2cc(N)n[nH]2)c(O)c(Cl)c1C. The number of halogens is 1. The molecule has 2 aromatic rings. The van der Waals surface area contributed by atoms with Gasteiger partial charge in [-0.15, -0.1) is 0 Å². The van der Waals surface area contributed by atoms with Gasteiger partial charge in [0.1, 0.15) is 11.6 Å². The van der Waals surface area contributed by atoms with Gasteiger partial charge in [0.15, 0.2) is 0 Å². The summed E-state index contributed by atoms with van der Waals surface area (Å²) >= 11 is 6.03. The number of rotatable bonds is 1. The quantitative estimate of drug-likeness (QED) is 0.714. The van der Waals surface area contributed by atoms with Crippen LogP contribution in [0.2, 0.25) is 5.02 Å². The molecule has 4 N–H and O–H groups in total. The van der Waals surface area contributed by atoms with Crippen LogP contribution in [-0.2, 0) is 0 Å². The average molecular weight is 238 g/mol. The second kappa shape index (κ2) is 3.72. The minimum absolute atomic E-state index is 0.0495. The predicted molar refractivity (Wildman–Crippen MR) is 64.6 cm³/mol. The summed E-state index contributed by atoms with van der Waals surface area (Å²) in [5.74, 6) is 0.428. The summed E-state index contributed by atoms with van der Waals surface area (Å²) in [4.78, 5) is 0. The van der Waals surface area contributed by atoms with Crippen LogP contribution < -0.4 is 5.73 Å². The van der Waals surface area contributed by atoms with E-state index in [1.807, 2.05) is 19.9 Å². The van der Waals surface area contributed by atoms with E-state index in [0.717, 1.165) is 11.1 Å². The van der Waals surface area contributed by atoms with Crippen molar-refractivity contribution < 1.29 is 5.11 Å². The van der Waals surface area contributed by atoms with Crippen LogP contribution in [0.1, 0.15) is 11.1 Å². The molecule has 0 aliphatic heterocycles. The van der Waals surface area contributed by atoms with Gasteiger partial charge in [-0.25, -0.2) is 0 Å². The molecule has 0 aliphatic carbocycles. The second-order valence-corrected chi connectivity index (χ2v) is 4.11. The number of aromatic hydroxyl groups is 1. The first kappa shape index (κ1) is 10.8. The Balaban J connectivity index is 2.66. The predicted octanol–water partition coefficient (Wildman–Crippen LogP) is 2.63. The number of aromatic amines is 1. The zero-order valence-electron chi connectivity index (χ0n) is 9.00. The Bertz CT molecular complexity index is 548. The van der Waals surface area contributed by atoms with Crippen LogP contribution in [0.15, 0.2) is 12.1 Å². The largest absolute Gasteiger partial charge is 0.506 e. The van der Waals surface area contributed by atoms with Crippen molar-refractivity contribution in [2.75, 3.05) is 5.73 Å².